The van der Waals surface area contributed by atoms with Crippen LogP contribution in [0.25, 0.3) is 39.1 Å². The second kappa shape index (κ2) is 8.19. The van der Waals surface area contributed by atoms with Crippen molar-refractivity contribution in [3.8, 4) is 39.7 Å². The van der Waals surface area contributed by atoms with Crippen molar-refractivity contribution in [3.63, 3.8) is 0 Å². The van der Waals surface area contributed by atoms with Gasteiger partial charge in [-0.25, -0.2) is 9.67 Å². The number of hydrogen-bond donors (Lipinski definition) is 0. The molecule has 158 valence electrons. The number of pyridine rings is 1. The number of rotatable bonds is 5. The highest BCUT2D eigenvalue weighted by molar-refractivity contribution is 5.85. The van der Waals surface area contributed by atoms with Crippen molar-refractivity contribution in [2.24, 2.45) is 0 Å². The van der Waals surface area contributed by atoms with E-state index in [4.69, 9.17) is 19.6 Å². The summed E-state index contributed by atoms with van der Waals surface area (Å²) < 4.78 is 12.6. The van der Waals surface area contributed by atoms with Gasteiger partial charge in [0.1, 0.15) is 17.2 Å². The number of hydrogen-bond acceptors (Lipinski definition) is 4. The summed E-state index contributed by atoms with van der Waals surface area (Å²) in [5.41, 5.74) is 6.06. The first-order chi connectivity index (χ1) is 15.7. The first kappa shape index (κ1) is 19.8. The maximum Gasteiger partial charge on any atom is 0.154 e. The van der Waals surface area contributed by atoms with Crippen molar-refractivity contribution < 1.29 is 9.47 Å². The van der Waals surface area contributed by atoms with E-state index in [2.05, 4.69) is 37.3 Å². The molecule has 0 N–H and O–H groups in total. The molecular formula is C27H23N3O2. The van der Waals surface area contributed by atoms with Crippen LogP contribution in [0, 0.1) is 6.92 Å². The molecule has 0 aliphatic rings. The molecule has 5 nitrogen and oxygen atoms in total. The molecule has 0 bridgehead atoms. The van der Waals surface area contributed by atoms with E-state index >= 15 is 0 Å². The maximum absolute atomic E-state index is 5.39. The quantitative estimate of drug-likeness (QED) is 0.345. The highest BCUT2D eigenvalue weighted by Gasteiger charge is 2.16. The molecule has 2 heterocycles. The summed E-state index contributed by atoms with van der Waals surface area (Å²) >= 11 is 0. The lowest BCUT2D eigenvalue weighted by molar-refractivity contribution is 0.415. The molecule has 5 aromatic rings. The molecule has 3 aromatic carbocycles. The molecule has 0 saturated heterocycles. The Bertz CT molecular complexity index is 1390. The zero-order valence-electron chi connectivity index (χ0n) is 18.2. The molecular weight excluding hydrogens is 398 g/mol. The van der Waals surface area contributed by atoms with E-state index in [1.165, 1.54) is 0 Å². The summed E-state index contributed by atoms with van der Waals surface area (Å²) in [7, 11) is 3.34. The van der Waals surface area contributed by atoms with Crippen molar-refractivity contribution in [1.82, 2.24) is 14.8 Å². The van der Waals surface area contributed by atoms with Gasteiger partial charge in [0.15, 0.2) is 5.82 Å². The van der Waals surface area contributed by atoms with Crippen molar-refractivity contribution in [2.75, 3.05) is 14.2 Å². The van der Waals surface area contributed by atoms with Gasteiger partial charge in [-0.2, -0.15) is 5.10 Å². The molecule has 0 aliphatic carbocycles. The Labute approximate surface area is 186 Å². The Morgan fingerprint density at radius 1 is 0.750 bits per heavy atom. The van der Waals surface area contributed by atoms with Crippen LogP contribution in [0.1, 0.15) is 5.56 Å². The standard InChI is InChI=1S/C27H23N3O2/c1-18-15-26(28-25-16-22(32-3)13-14-23(18)25)30-17-24(19-9-11-21(31-2)12-10-19)27(29-30)20-7-5-4-6-8-20/h4-17H,1-3H3. The van der Waals surface area contributed by atoms with Gasteiger partial charge < -0.3 is 9.47 Å². The molecule has 0 saturated carbocycles. The van der Waals surface area contributed by atoms with Crippen molar-refractivity contribution in [1.29, 1.82) is 0 Å². The van der Waals surface area contributed by atoms with Gasteiger partial charge in [-0.3, -0.25) is 0 Å². The van der Waals surface area contributed by atoms with Crippen LogP contribution in [0.4, 0.5) is 0 Å². The summed E-state index contributed by atoms with van der Waals surface area (Å²) in [5, 5.41) is 6.05. The molecule has 0 spiro atoms. The summed E-state index contributed by atoms with van der Waals surface area (Å²) in [5.74, 6) is 2.37. The van der Waals surface area contributed by atoms with E-state index < -0.39 is 0 Å². The molecule has 0 atom stereocenters. The lowest BCUT2D eigenvalue weighted by atomic mass is 10.0. The lowest BCUT2D eigenvalue weighted by Gasteiger charge is -2.08. The van der Waals surface area contributed by atoms with Crippen LogP contribution in [0.3, 0.4) is 0 Å². The van der Waals surface area contributed by atoms with Gasteiger partial charge in [0.05, 0.1) is 19.7 Å². The topological polar surface area (TPSA) is 49.2 Å². The Hall–Kier alpha value is -4.12. The van der Waals surface area contributed by atoms with E-state index in [0.717, 1.165) is 56.2 Å². The second-order valence-corrected chi connectivity index (χ2v) is 7.61. The monoisotopic (exact) mass is 421 g/mol. The molecule has 0 aliphatic heterocycles. The minimum atomic E-state index is 0.764. The van der Waals surface area contributed by atoms with Gasteiger partial charge in [0, 0.05) is 28.8 Å². The fourth-order valence-electron chi connectivity index (χ4n) is 3.89. The van der Waals surface area contributed by atoms with E-state index in [9.17, 15) is 0 Å². The van der Waals surface area contributed by atoms with Gasteiger partial charge in [-0.05, 0) is 48.4 Å². The molecule has 32 heavy (non-hydrogen) atoms. The van der Waals surface area contributed by atoms with Gasteiger partial charge in [-0.15, -0.1) is 0 Å². The third kappa shape index (κ3) is 3.58. The molecule has 0 fully saturated rings. The van der Waals surface area contributed by atoms with Crippen LogP contribution in [0.2, 0.25) is 0 Å². The zero-order valence-corrected chi connectivity index (χ0v) is 18.2. The average molecular weight is 422 g/mol. The summed E-state index contributed by atoms with van der Waals surface area (Å²) in [4.78, 5) is 4.88. The Kier molecular flexibility index (Phi) is 5.07. The van der Waals surface area contributed by atoms with Gasteiger partial charge in [0.2, 0.25) is 0 Å². The molecule has 5 rings (SSSR count). The van der Waals surface area contributed by atoms with Crippen LogP contribution >= 0.6 is 0 Å². The third-order valence-electron chi connectivity index (χ3n) is 5.61. The Balaban J connectivity index is 1.69. The minimum Gasteiger partial charge on any atom is -0.497 e. The summed E-state index contributed by atoms with van der Waals surface area (Å²) in [6.07, 6.45) is 2.04. The first-order valence-electron chi connectivity index (χ1n) is 10.4. The largest absolute Gasteiger partial charge is 0.497 e. The molecule has 0 amide bonds. The average Bonchev–Trinajstić information content (AvgIpc) is 3.30. The normalized spacial score (nSPS) is 11.0. The lowest BCUT2D eigenvalue weighted by Crippen LogP contribution is -2.00. The summed E-state index contributed by atoms with van der Waals surface area (Å²) in [6.45, 7) is 2.09. The number of nitrogens with zero attached hydrogens (tertiary/aromatic N) is 3. The number of aryl methyl sites for hydroxylation is 1. The van der Waals surface area contributed by atoms with Gasteiger partial charge in [-0.1, -0.05) is 42.5 Å². The predicted octanol–water partition coefficient (Wildman–Crippen LogP) is 6.08. The van der Waals surface area contributed by atoms with Crippen LogP contribution in [-0.2, 0) is 0 Å². The number of methoxy groups -OCH3 is 2. The highest BCUT2D eigenvalue weighted by Crippen LogP contribution is 2.33. The number of fused-ring (bicyclic) bond motifs is 1. The van der Waals surface area contributed by atoms with E-state index in [1.54, 1.807) is 14.2 Å². The van der Waals surface area contributed by atoms with Crippen molar-refractivity contribution >= 4 is 10.9 Å². The number of benzene rings is 3. The molecule has 5 heteroatoms. The highest BCUT2D eigenvalue weighted by atomic mass is 16.5. The fourth-order valence-corrected chi connectivity index (χ4v) is 3.89. The van der Waals surface area contributed by atoms with Gasteiger partial charge >= 0.3 is 0 Å². The molecule has 2 aromatic heterocycles. The van der Waals surface area contributed by atoms with Crippen molar-refractivity contribution in [2.45, 2.75) is 6.92 Å². The molecule has 0 unspecified atom stereocenters. The number of ether oxygens (including phenoxy) is 2. The summed E-state index contributed by atoms with van der Waals surface area (Å²) in [6, 6.07) is 26.3. The smallest absolute Gasteiger partial charge is 0.154 e. The van der Waals surface area contributed by atoms with E-state index in [1.807, 2.05) is 59.4 Å². The molecule has 0 radical (unpaired) electrons. The third-order valence-corrected chi connectivity index (χ3v) is 5.61. The van der Waals surface area contributed by atoms with Crippen molar-refractivity contribution in [3.05, 3.63) is 90.6 Å². The SMILES string of the molecule is COc1ccc(-c2cn(-c3cc(C)c4ccc(OC)cc4n3)nc2-c2ccccc2)cc1. The van der Waals surface area contributed by atoms with E-state index in [0.29, 0.717) is 0 Å². The number of aromatic nitrogens is 3. The van der Waals surface area contributed by atoms with Crippen LogP contribution in [-0.4, -0.2) is 29.0 Å². The van der Waals surface area contributed by atoms with Crippen LogP contribution in [0.5, 0.6) is 11.5 Å². The Morgan fingerprint density at radius 2 is 1.47 bits per heavy atom. The fraction of sp³-hybridized carbons (Fsp3) is 0.111. The van der Waals surface area contributed by atoms with Crippen LogP contribution < -0.4 is 9.47 Å². The Morgan fingerprint density at radius 3 is 2.19 bits per heavy atom. The minimum absolute atomic E-state index is 0.764. The first-order valence-corrected chi connectivity index (χ1v) is 10.4. The van der Waals surface area contributed by atoms with Gasteiger partial charge in [0.25, 0.3) is 0 Å². The van der Waals surface area contributed by atoms with E-state index in [-0.39, 0.29) is 0 Å². The second-order valence-electron chi connectivity index (χ2n) is 7.61. The predicted molar refractivity (Wildman–Crippen MR) is 128 cm³/mol. The van der Waals surface area contributed by atoms with Crippen LogP contribution in [0.15, 0.2) is 85.1 Å². The zero-order chi connectivity index (χ0) is 22.1. The maximum atomic E-state index is 5.39.